The van der Waals surface area contributed by atoms with Crippen molar-refractivity contribution < 1.29 is 19.1 Å². The molecular weight excluding hydrogens is 272 g/mol. The van der Waals surface area contributed by atoms with Gasteiger partial charge in [-0.05, 0) is 24.3 Å². The van der Waals surface area contributed by atoms with Crippen LogP contribution < -0.4 is 10.1 Å². The molecule has 6 heteroatoms. The molecule has 6 nitrogen and oxygen atoms in total. The van der Waals surface area contributed by atoms with E-state index in [0.29, 0.717) is 50.6 Å². The monoisotopic (exact) mass is 292 g/mol. The summed E-state index contributed by atoms with van der Waals surface area (Å²) in [6.07, 6.45) is 0.307. The average Bonchev–Trinajstić information content (AvgIpc) is 2.53. The van der Waals surface area contributed by atoms with Gasteiger partial charge in [0.1, 0.15) is 5.75 Å². The molecule has 114 valence electrons. The van der Waals surface area contributed by atoms with Gasteiger partial charge in [-0.25, -0.2) is 0 Å². The van der Waals surface area contributed by atoms with Crippen LogP contribution in [-0.4, -0.2) is 56.7 Å². The first-order valence-corrected chi connectivity index (χ1v) is 6.98. The Labute approximate surface area is 124 Å². The molecule has 1 fully saturated rings. The van der Waals surface area contributed by atoms with E-state index in [1.165, 1.54) is 0 Å². The number of nitrogens with one attached hydrogen (secondary N) is 1. The van der Waals surface area contributed by atoms with Crippen LogP contribution in [0.4, 0.5) is 0 Å². The van der Waals surface area contributed by atoms with Crippen LogP contribution in [0.3, 0.4) is 0 Å². The minimum absolute atomic E-state index is 0.0620. The number of nitrogens with zero attached hydrogens (tertiary/aromatic N) is 1. The van der Waals surface area contributed by atoms with Crippen LogP contribution in [0.5, 0.6) is 5.75 Å². The Balaban J connectivity index is 2.04. The summed E-state index contributed by atoms with van der Waals surface area (Å²) in [4.78, 5) is 25.7. The first-order valence-electron chi connectivity index (χ1n) is 6.98. The molecule has 1 aliphatic rings. The molecule has 1 N–H and O–H groups in total. The van der Waals surface area contributed by atoms with Crippen molar-refractivity contribution >= 4 is 11.8 Å². The Morgan fingerprint density at radius 3 is 2.71 bits per heavy atom. The maximum absolute atomic E-state index is 12.5. The van der Waals surface area contributed by atoms with Crippen molar-refractivity contribution in [2.45, 2.75) is 6.42 Å². The maximum Gasteiger partial charge on any atom is 0.253 e. The normalized spacial score (nSPS) is 17.0. The second-order valence-corrected chi connectivity index (χ2v) is 4.73. The average molecular weight is 292 g/mol. The molecule has 1 saturated heterocycles. The molecule has 1 aromatic rings. The predicted molar refractivity (Wildman–Crippen MR) is 77.3 cm³/mol. The second kappa shape index (κ2) is 7.64. The van der Waals surface area contributed by atoms with E-state index in [2.05, 4.69) is 5.32 Å². The molecule has 0 atom stereocenters. The largest absolute Gasteiger partial charge is 0.497 e. The number of benzene rings is 1. The van der Waals surface area contributed by atoms with Gasteiger partial charge in [0.2, 0.25) is 5.91 Å². The summed E-state index contributed by atoms with van der Waals surface area (Å²) in [5, 5.41) is 2.75. The minimum Gasteiger partial charge on any atom is -0.497 e. The molecule has 0 aromatic heterocycles. The molecule has 0 saturated carbocycles. The van der Waals surface area contributed by atoms with Gasteiger partial charge in [0, 0.05) is 31.6 Å². The lowest BCUT2D eigenvalue weighted by atomic mass is 10.2. The zero-order valence-corrected chi connectivity index (χ0v) is 12.1. The van der Waals surface area contributed by atoms with Gasteiger partial charge in [0.05, 0.1) is 20.3 Å². The smallest absolute Gasteiger partial charge is 0.253 e. The summed E-state index contributed by atoms with van der Waals surface area (Å²) in [5.74, 6) is 0.540. The van der Waals surface area contributed by atoms with Gasteiger partial charge in [-0.1, -0.05) is 0 Å². The molecule has 1 heterocycles. The summed E-state index contributed by atoms with van der Waals surface area (Å²) in [5.41, 5.74) is 0.577. The molecule has 0 spiro atoms. The van der Waals surface area contributed by atoms with Crippen LogP contribution in [0.1, 0.15) is 16.8 Å². The second-order valence-electron chi connectivity index (χ2n) is 4.73. The fourth-order valence-electron chi connectivity index (χ4n) is 2.10. The van der Waals surface area contributed by atoms with E-state index in [1.54, 1.807) is 36.3 Å². The summed E-state index contributed by atoms with van der Waals surface area (Å²) < 4.78 is 10.5. The van der Waals surface area contributed by atoms with Gasteiger partial charge in [-0.15, -0.1) is 0 Å². The Morgan fingerprint density at radius 2 is 2.00 bits per heavy atom. The van der Waals surface area contributed by atoms with E-state index in [9.17, 15) is 9.59 Å². The number of methoxy groups -OCH3 is 1. The van der Waals surface area contributed by atoms with Gasteiger partial charge in [0.25, 0.3) is 5.91 Å². The number of rotatable bonds is 2. The fourth-order valence-corrected chi connectivity index (χ4v) is 2.10. The molecule has 21 heavy (non-hydrogen) atoms. The Kier molecular flexibility index (Phi) is 5.57. The molecule has 2 rings (SSSR count). The number of hydrogen-bond donors (Lipinski definition) is 1. The third kappa shape index (κ3) is 4.46. The molecule has 2 amide bonds. The van der Waals surface area contributed by atoms with Crippen molar-refractivity contribution in [2.75, 3.05) is 40.0 Å². The highest BCUT2D eigenvalue weighted by molar-refractivity contribution is 5.94. The SMILES string of the molecule is COc1ccc(C(=O)N2CCOCCNC(=O)CC2)cc1. The Morgan fingerprint density at radius 1 is 1.24 bits per heavy atom. The summed E-state index contributed by atoms with van der Waals surface area (Å²) in [6, 6.07) is 6.94. The van der Waals surface area contributed by atoms with Gasteiger partial charge >= 0.3 is 0 Å². The van der Waals surface area contributed by atoms with Crippen molar-refractivity contribution in [2.24, 2.45) is 0 Å². The Hall–Kier alpha value is -2.08. The predicted octanol–water partition coefficient (Wildman–Crippen LogP) is 0.674. The first-order chi connectivity index (χ1) is 10.2. The third-order valence-electron chi connectivity index (χ3n) is 3.31. The topological polar surface area (TPSA) is 67.9 Å². The van der Waals surface area contributed by atoms with E-state index < -0.39 is 0 Å². The zero-order chi connectivity index (χ0) is 15.1. The van der Waals surface area contributed by atoms with E-state index in [4.69, 9.17) is 9.47 Å². The van der Waals surface area contributed by atoms with Gasteiger partial charge in [-0.3, -0.25) is 9.59 Å². The highest BCUT2D eigenvalue weighted by atomic mass is 16.5. The van der Waals surface area contributed by atoms with Crippen molar-refractivity contribution in [3.05, 3.63) is 29.8 Å². The molecule has 0 unspecified atom stereocenters. The summed E-state index contributed by atoms with van der Waals surface area (Å²) >= 11 is 0. The van der Waals surface area contributed by atoms with Crippen molar-refractivity contribution in [1.82, 2.24) is 10.2 Å². The molecule has 1 aliphatic heterocycles. The van der Waals surface area contributed by atoms with E-state index in [1.807, 2.05) is 0 Å². The maximum atomic E-state index is 12.5. The van der Waals surface area contributed by atoms with Gasteiger partial charge in [0.15, 0.2) is 0 Å². The van der Waals surface area contributed by atoms with Gasteiger partial charge < -0.3 is 19.7 Å². The van der Waals surface area contributed by atoms with Crippen molar-refractivity contribution in [1.29, 1.82) is 0 Å². The van der Waals surface area contributed by atoms with Crippen LogP contribution in [0.2, 0.25) is 0 Å². The summed E-state index contributed by atoms with van der Waals surface area (Å²) in [7, 11) is 1.58. The summed E-state index contributed by atoms with van der Waals surface area (Å²) in [6.45, 7) is 2.33. The standard InChI is InChI=1S/C15H20N2O4/c1-20-13-4-2-12(3-5-13)15(19)17-8-6-14(18)16-7-10-21-11-9-17/h2-5H,6-11H2,1H3,(H,16,18). The molecule has 0 bridgehead atoms. The van der Waals surface area contributed by atoms with E-state index >= 15 is 0 Å². The van der Waals surface area contributed by atoms with Gasteiger partial charge in [-0.2, -0.15) is 0 Å². The van der Waals surface area contributed by atoms with Crippen LogP contribution >= 0.6 is 0 Å². The highest BCUT2D eigenvalue weighted by Crippen LogP contribution is 2.13. The Bertz CT molecular complexity index is 487. The number of ether oxygens (including phenoxy) is 2. The van der Waals surface area contributed by atoms with E-state index in [-0.39, 0.29) is 11.8 Å². The highest BCUT2D eigenvalue weighted by Gasteiger charge is 2.17. The molecule has 1 aromatic carbocycles. The lowest BCUT2D eigenvalue weighted by Gasteiger charge is -2.24. The zero-order valence-electron chi connectivity index (χ0n) is 12.1. The van der Waals surface area contributed by atoms with Crippen LogP contribution in [0.25, 0.3) is 0 Å². The van der Waals surface area contributed by atoms with Crippen LogP contribution in [0.15, 0.2) is 24.3 Å². The molecular formula is C15H20N2O4. The van der Waals surface area contributed by atoms with Crippen LogP contribution in [0, 0.1) is 0 Å². The van der Waals surface area contributed by atoms with E-state index in [0.717, 1.165) is 0 Å². The van der Waals surface area contributed by atoms with Crippen molar-refractivity contribution in [3.8, 4) is 5.75 Å². The molecule has 0 radical (unpaired) electrons. The lowest BCUT2D eigenvalue weighted by molar-refractivity contribution is -0.121. The third-order valence-corrected chi connectivity index (χ3v) is 3.31. The number of hydrogen-bond acceptors (Lipinski definition) is 4. The minimum atomic E-state index is -0.102. The van der Waals surface area contributed by atoms with Crippen LogP contribution in [-0.2, 0) is 9.53 Å². The first kappa shape index (κ1) is 15.3. The number of carbonyl (C=O) groups is 2. The number of carbonyl (C=O) groups excluding carboxylic acids is 2. The van der Waals surface area contributed by atoms with Crippen molar-refractivity contribution in [3.63, 3.8) is 0 Å². The molecule has 0 aliphatic carbocycles. The lowest BCUT2D eigenvalue weighted by Crippen LogP contribution is -2.39. The fraction of sp³-hybridized carbons (Fsp3) is 0.467. The quantitative estimate of drug-likeness (QED) is 0.870. The number of amides is 2.